The molecular formula is C11H7BrF2O. The fraction of sp³-hybridized carbons (Fsp3) is 0.0909. The minimum atomic E-state index is -0.459. The summed E-state index contributed by atoms with van der Waals surface area (Å²) in [5, 5.41) is 0. The molecule has 0 spiro atoms. The number of rotatable bonds is 2. The molecule has 0 aliphatic carbocycles. The van der Waals surface area contributed by atoms with E-state index >= 15 is 0 Å². The molecule has 1 aromatic carbocycles. The van der Waals surface area contributed by atoms with Gasteiger partial charge in [0.05, 0.1) is 17.4 Å². The zero-order valence-electron chi connectivity index (χ0n) is 7.58. The quantitative estimate of drug-likeness (QED) is 0.752. The van der Waals surface area contributed by atoms with Gasteiger partial charge in [0.25, 0.3) is 0 Å². The predicted octanol–water partition coefficient (Wildman–Crippen LogP) is 4.04. The lowest BCUT2D eigenvalue weighted by molar-refractivity contribution is 0.563. The van der Waals surface area contributed by atoms with Crippen molar-refractivity contribution in [3.8, 4) is 0 Å². The van der Waals surface area contributed by atoms with Crippen LogP contribution in [0.1, 0.15) is 16.0 Å². The van der Waals surface area contributed by atoms with Gasteiger partial charge in [-0.1, -0.05) is 15.9 Å². The first-order valence-electron chi connectivity index (χ1n) is 4.29. The van der Waals surface area contributed by atoms with E-state index in [0.29, 0.717) is 0 Å². The Morgan fingerprint density at radius 1 is 1.20 bits per heavy atom. The first-order valence-corrected chi connectivity index (χ1v) is 5.21. The van der Waals surface area contributed by atoms with Crippen LogP contribution in [0.2, 0.25) is 0 Å². The molecule has 2 rings (SSSR count). The Bertz CT molecular complexity index is 454. The van der Waals surface area contributed by atoms with Crippen molar-refractivity contribution in [3.05, 3.63) is 59.6 Å². The summed E-state index contributed by atoms with van der Waals surface area (Å²) >= 11 is 3.29. The molecule has 1 nitrogen and oxygen atoms in total. The predicted molar refractivity (Wildman–Crippen MR) is 55.8 cm³/mol. The summed E-state index contributed by atoms with van der Waals surface area (Å²) in [4.78, 5) is -0.396. The van der Waals surface area contributed by atoms with Gasteiger partial charge in [-0.05, 0) is 24.3 Å². The Kier molecular flexibility index (Phi) is 2.86. The summed E-state index contributed by atoms with van der Waals surface area (Å²) in [6.45, 7) is 0. The van der Waals surface area contributed by atoms with Crippen LogP contribution >= 0.6 is 15.9 Å². The van der Waals surface area contributed by atoms with Crippen LogP contribution in [-0.4, -0.2) is 0 Å². The zero-order chi connectivity index (χ0) is 10.8. The number of furan rings is 1. The standard InChI is InChI=1S/C11H7BrF2O/c12-11(7-3-4-15-6-7)9-5-8(13)1-2-10(9)14/h1-6,11H. The van der Waals surface area contributed by atoms with Crippen molar-refractivity contribution in [1.29, 1.82) is 0 Å². The van der Waals surface area contributed by atoms with Crippen molar-refractivity contribution in [2.45, 2.75) is 4.83 Å². The first-order chi connectivity index (χ1) is 7.18. The molecule has 0 amide bonds. The van der Waals surface area contributed by atoms with Gasteiger partial charge in [-0.25, -0.2) is 8.78 Å². The molecule has 15 heavy (non-hydrogen) atoms. The van der Waals surface area contributed by atoms with Crippen molar-refractivity contribution in [3.63, 3.8) is 0 Å². The van der Waals surface area contributed by atoms with E-state index in [1.54, 1.807) is 6.07 Å². The summed E-state index contributed by atoms with van der Waals surface area (Å²) < 4.78 is 31.2. The Labute approximate surface area is 93.8 Å². The largest absolute Gasteiger partial charge is 0.472 e. The molecule has 0 aliphatic heterocycles. The van der Waals surface area contributed by atoms with Crippen LogP contribution in [0.3, 0.4) is 0 Å². The van der Waals surface area contributed by atoms with Crippen molar-refractivity contribution in [2.24, 2.45) is 0 Å². The van der Waals surface area contributed by atoms with E-state index in [9.17, 15) is 8.78 Å². The van der Waals surface area contributed by atoms with E-state index in [1.807, 2.05) is 0 Å². The molecule has 1 aromatic heterocycles. The van der Waals surface area contributed by atoms with Gasteiger partial charge in [-0.3, -0.25) is 0 Å². The smallest absolute Gasteiger partial charge is 0.128 e. The van der Waals surface area contributed by atoms with Gasteiger partial charge in [0.2, 0.25) is 0 Å². The average Bonchev–Trinajstić information content (AvgIpc) is 2.74. The molecule has 0 N–H and O–H groups in total. The third-order valence-electron chi connectivity index (χ3n) is 2.07. The second kappa shape index (κ2) is 4.14. The highest BCUT2D eigenvalue weighted by molar-refractivity contribution is 9.09. The number of hydrogen-bond donors (Lipinski definition) is 0. The Morgan fingerprint density at radius 3 is 2.67 bits per heavy atom. The Morgan fingerprint density at radius 2 is 2.00 bits per heavy atom. The van der Waals surface area contributed by atoms with Gasteiger partial charge >= 0.3 is 0 Å². The second-order valence-electron chi connectivity index (χ2n) is 3.09. The molecule has 2 aromatic rings. The minimum absolute atomic E-state index is 0.261. The van der Waals surface area contributed by atoms with Gasteiger partial charge in [0.1, 0.15) is 11.6 Å². The summed E-state index contributed by atoms with van der Waals surface area (Å²) in [5.74, 6) is -0.904. The molecule has 0 fully saturated rings. The van der Waals surface area contributed by atoms with Crippen LogP contribution in [0.25, 0.3) is 0 Å². The monoisotopic (exact) mass is 272 g/mol. The number of alkyl halides is 1. The number of hydrogen-bond acceptors (Lipinski definition) is 1. The van der Waals surface area contributed by atoms with E-state index in [0.717, 1.165) is 17.7 Å². The lowest BCUT2D eigenvalue weighted by atomic mass is 10.1. The van der Waals surface area contributed by atoms with Crippen molar-refractivity contribution < 1.29 is 13.2 Å². The molecule has 1 atom stereocenters. The highest BCUT2D eigenvalue weighted by Crippen LogP contribution is 2.32. The molecule has 1 heterocycles. The summed E-state index contributed by atoms with van der Waals surface area (Å²) in [6.07, 6.45) is 2.98. The van der Waals surface area contributed by atoms with E-state index in [2.05, 4.69) is 15.9 Å². The lowest BCUT2D eigenvalue weighted by Gasteiger charge is -2.08. The first kappa shape index (κ1) is 10.4. The van der Waals surface area contributed by atoms with Gasteiger partial charge in [-0.15, -0.1) is 0 Å². The van der Waals surface area contributed by atoms with E-state index in [-0.39, 0.29) is 5.56 Å². The lowest BCUT2D eigenvalue weighted by Crippen LogP contribution is -1.96. The normalized spacial score (nSPS) is 12.7. The summed E-state index contributed by atoms with van der Waals surface area (Å²) in [7, 11) is 0. The second-order valence-corrected chi connectivity index (χ2v) is 4.00. The maximum Gasteiger partial charge on any atom is 0.128 e. The molecule has 0 saturated carbocycles. The van der Waals surface area contributed by atoms with Gasteiger partial charge in [-0.2, -0.15) is 0 Å². The van der Waals surface area contributed by atoms with Gasteiger partial charge < -0.3 is 4.42 Å². The molecule has 0 saturated heterocycles. The van der Waals surface area contributed by atoms with Crippen molar-refractivity contribution >= 4 is 15.9 Å². The third kappa shape index (κ3) is 2.09. The summed E-state index contributed by atoms with van der Waals surface area (Å²) in [5.41, 5.74) is 1.01. The summed E-state index contributed by atoms with van der Waals surface area (Å²) in [6, 6.07) is 5.07. The zero-order valence-corrected chi connectivity index (χ0v) is 9.17. The fourth-order valence-electron chi connectivity index (χ4n) is 1.31. The van der Waals surface area contributed by atoms with Crippen LogP contribution in [0.5, 0.6) is 0 Å². The van der Waals surface area contributed by atoms with E-state index in [1.165, 1.54) is 18.6 Å². The van der Waals surface area contributed by atoms with E-state index in [4.69, 9.17) is 4.42 Å². The minimum Gasteiger partial charge on any atom is -0.472 e. The van der Waals surface area contributed by atoms with Crippen molar-refractivity contribution in [1.82, 2.24) is 0 Å². The van der Waals surface area contributed by atoms with Crippen LogP contribution < -0.4 is 0 Å². The third-order valence-corrected chi connectivity index (χ3v) is 3.09. The molecular weight excluding hydrogens is 266 g/mol. The highest BCUT2D eigenvalue weighted by atomic mass is 79.9. The van der Waals surface area contributed by atoms with E-state index < -0.39 is 16.5 Å². The van der Waals surface area contributed by atoms with Crippen LogP contribution in [0.4, 0.5) is 8.78 Å². The highest BCUT2D eigenvalue weighted by Gasteiger charge is 2.16. The number of halogens is 3. The van der Waals surface area contributed by atoms with Gasteiger partial charge in [0.15, 0.2) is 0 Å². The van der Waals surface area contributed by atoms with Crippen molar-refractivity contribution in [2.75, 3.05) is 0 Å². The molecule has 0 aliphatic rings. The molecule has 0 bridgehead atoms. The Hall–Kier alpha value is -1.16. The maximum absolute atomic E-state index is 13.4. The average molecular weight is 273 g/mol. The SMILES string of the molecule is Fc1ccc(F)c(C(Br)c2ccoc2)c1. The molecule has 0 radical (unpaired) electrons. The van der Waals surface area contributed by atoms with Crippen LogP contribution in [-0.2, 0) is 0 Å². The van der Waals surface area contributed by atoms with Crippen LogP contribution in [0.15, 0.2) is 41.2 Å². The van der Waals surface area contributed by atoms with Crippen LogP contribution in [0, 0.1) is 11.6 Å². The molecule has 1 unspecified atom stereocenters. The molecule has 78 valence electrons. The fourth-order valence-corrected chi connectivity index (χ4v) is 1.92. The van der Waals surface area contributed by atoms with Gasteiger partial charge in [0, 0.05) is 11.1 Å². The maximum atomic E-state index is 13.4. The Balaban J connectivity index is 2.41. The molecule has 4 heteroatoms. The topological polar surface area (TPSA) is 13.1 Å². The number of benzene rings is 1.